The summed E-state index contributed by atoms with van der Waals surface area (Å²) in [6.07, 6.45) is 7.37. The maximum absolute atomic E-state index is 12.3. The number of benzene rings is 1. The molecule has 8 aromatic heterocycles. The summed E-state index contributed by atoms with van der Waals surface area (Å²) >= 11 is 16.3. The van der Waals surface area contributed by atoms with Crippen molar-refractivity contribution in [1.29, 1.82) is 0 Å². The van der Waals surface area contributed by atoms with Crippen LogP contribution in [0.25, 0.3) is 11.0 Å². The van der Waals surface area contributed by atoms with Crippen LogP contribution in [-0.2, 0) is 71.3 Å². The van der Waals surface area contributed by atoms with Gasteiger partial charge in [0.05, 0.1) is 85.4 Å². The first-order valence-corrected chi connectivity index (χ1v) is 39.2. The third-order valence-corrected chi connectivity index (χ3v) is 15.6. The normalized spacial score (nSPS) is 12.4. The lowest BCUT2D eigenvalue weighted by Gasteiger charge is -2.31. The highest BCUT2D eigenvalue weighted by Gasteiger charge is 2.42. The van der Waals surface area contributed by atoms with Crippen LogP contribution < -0.4 is 39.6 Å². The van der Waals surface area contributed by atoms with Crippen LogP contribution in [0.15, 0.2) is 138 Å². The highest BCUT2D eigenvalue weighted by Crippen LogP contribution is 2.27. The minimum atomic E-state index is -1.26. The molecule has 0 spiro atoms. The zero-order valence-electron chi connectivity index (χ0n) is 72.9. The molecule has 694 valence electrons. The van der Waals surface area contributed by atoms with Gasteiger partial charge in [-0.15, -0.1) is 11.6 Å². The molecule has 9 aromatic rings. The summed E-state index contributed by atoms with van der Waals surface area (Å²) in [6.45, 7) is 21.7. The van der Waals surface area contributed by atoms with Crippen molar-refractivity contribution < 1.29 is 123 Å². The summed E-state index contributed by atoms with van der Waals surface area (Å²) in [5.74, 6) is -3.03. The second-order valence-electron chi connectivity index (χ2n) is 25.7. The summed E-state index contributed by atoms with van der Waals surface area (Å²) in [5.41, 5.74) is 9.14. The Labute approximate surface area is 746 Å². The number of hydrogen-bond donors (Lipinski definition) is 3. The number of nitro benzene ring substituents is 1. The van der Waals surface area contributed by atoms with Crippen LogP contribution in [0.2, 0.25) is 10.3 Å². The van der Waals surface area contributed by atoms with Crippen LogP contribution in [0.4, 0.5) is 31.9 Å². The zero-order chi connectivity index (χ0) is 94.9. The number of aryl methyl sites for hydroxylation is 5. The zero-order valence-corrected chi connectivity index (χ0v) is 75.2. The summed E-state index contributed by atoms with van der Waals surface area (Å²) < 4.78 is 110. The molecule has 4 N–H and O–H groups in total. The van der Waals surface area contributed by atoms with Crippen LogP contribution >= 0.6 is 34.8 Å². The summed E-state index contributed by atoms with van der Waals surface area (Å²) in [5, 5.41) is 30.2. The van der Waals surface area contributed by atoms with E-state index >= 15 is 0 Å². The number of aromatic hydroxyl groups is 1. The molecule has 39 nitrogen and oxygen atoms in total. The Balaban J connectivity index is 0.000000488. The molecule has 2 fully saturated rings. The van der Waals surface area contributed by atoms with E-state index in [1.807, 2.05) is 39.0 Å². The number of nitrogen functional groups attached to an aromatic ring is 1. The summed E-state index contributed by atoms with van der Waals surface area (Å²) in [6, 6.07) is 25.4. The van der Waals surface area contributed by atoms with Crippen LogP contribution in [0.5, 0.6) is 40.2 Å². The largest absolute Gasteiger partial charge is 0.505 e. The molecule has 127 heavy (non-hydrogen) atoms. The first-order valence-electron chi connectivity index (χ1n) is 37.9. The van der Waals surface area contributed by atoms with Crippen LogP contribution in [0.3, 0.4) is 0 Å². The number of nitrogens with one attached hydrogen (secondary N) is 1. The van der Waals surface area contributed by atoms with Crippen LogP contribution in [0, 0.1) is 72.4 Å². The number of halogens is 5. The van der Waals surface area contributed by atoms with Gasteiger partial charge in [-0.3, -0.25) is 39.1 Å². The van der Waals surface area contributed by atoms with E-state index < -0.39 is 68.5 Å². The van der Waals surface area contributed by atoms with E-state index in [1.165, 1.54) is 64.4 Å². The second-order valence-corrected chi connectivity index (χ2v) is 26.8. The molecule has 0 bridgehead atoms. The minimum Gasteiger partial charge on any atom is -0.505 e. The molecule has 0 saturated carbocycles. The predicted octanol–water partition coefficient (Wildman–Crippen LogP) is 12.7. The molecular formula is C83H105Cl3F2N12O27. The van der Waals surface area contributed by atoms with Crippen molar-refractivity contribution in [3.8, 4) is 40.2 Å². The van der Waals surface area contributed by atoms with Gasteiger partial charge in [-0.05, 0) is 116 Å². The molecule has 0 amide bonds. The summed E-state index contributed by atoms with van der Waals surface area (Å²) in [4.78, 5) is 110. The average molecular weight is 1850 g/mol. The molecule has 44 heteroatoms. The van der Waals surface area contributed by atoms with E-state index in [0.717, 1.165) is 34.6 Å². The number of nitrogens with zero attached hydrogens (tertiary/aromatic N) is 10. The second kappa shape index (κ2) is 61.9. The molecular weight excluding hydrogens is 1740 g/mol. The van der Waals surface area contributed by atoms with E-state index in [2.05, 4.69) is 59.1 Å². The van der Waals surface area contributed by atoms with Gasteiger partial charge in [0, 0.05) is 139 Å². The number of H-pyrrole nitrogens is 1. The third kappa shape index (κ3) is 45.9. The van der Waals surface area contributed by atoms with Gasteiger partial charge in [-0.2, -0.15) is 0 Å². The average Bonchev–Trinajstić information content (AvgIpc) is 0.808. The smallest absolute Gasteiger partial charge is 0.363 e. The predicted molar refractivity (Wildman–Crippen MR) is 463 cm³/mol. The number of aromatic amines is 1. The van der Waals surface area contributed by atoms with Gasteiger partial charge in [-0.1, -0.05) is 23.2 Å². The lowest BCUT2D eigenvalue weighted by atomic mass is 10.1. The van der Waals surface area contributed by atoms with Crippen molar-refractivity contribution >= 4 is 99.1 Å². The number of ether oxygens (including phenoxy) is 17. The van der Waals surface area contributed by atoms with E-state index in [9.17, 15) is 53.0 Å². The Hall–Kier alpha value is -12.3. The number of aromatic nitrogens is 8. The number of anilines is 1. The summed E-state index contributed by atoms with van der Waals surface area (Å²) in [7, 11) is 11.3. The number of carbonyl (C=O) groups excluding carboxylic acids is 4. The number of cyclic esters (lactones) is 4. The quantitative estimate of drug-likeness (QED) is 0.00550. The first-order chi connectivity index (χ1) is 60.4. The number of rotatable bonds is 30. The number of methoxy groups -OCH3 is 7. The van der Waals surface area contributed by atoms with Gasteiger partial charge in [0.1, 0.15) is 80.5 Å². The van der Waals surface area contributed by atoms with Gasteiger partial charge < -0.3 is 106 Å². The minimum absolute atomic E-state index is 0.0224. The van der Waals surface area contributed by atoms with E-state index in [-0.39, 0.29) is 28.6 Å². The molecule has 1 aromatic carbocycles. The van der Waals surface area contributed by atoms with Crippen molar-refractivity contribution in [1.82, 2.24) is 39.9 Å². The molecule has 10 heterocycles. The van der Waals surface area contributed by atoms with Gasteiger partial charge in [0.15, 0.2) is 62.0 Å². The molecule has 0 radical (unpaired) electrons. The fourth-order valence-corrected chi connectivity index (χ4v) is 9.36. The van der Waals surface area contributed by atoms with Crippen molar-refractivity contribution in [2.45, 2.75) is 80.3 Å². The van der Waals surface area contributed by atoms with E-state index in [4.69, 9.17) is 112 Å². The highest BCUT2D eigenvalue weighted by atomic mass is 35.5. The Morgan fingerprint density at radius 3 is 1.35 bits per heavy atom. The first kappa shape index (κ1) is 111. The van der Waals surface area contributed by atoms with Gasteiger partial charge in [-0.25, -0.2) is 38.7 Å². The SMILES string of the molecule is CC1(C)OC(=O)CC(=O)O1.COCCCl.COCCOc1cc2c(=O)cc[nH]c2nc1C.COCCOc1ccc(N)nc1C.COCCOc1ccc(N=CC2C(=O)OC(C)(C)OC2=O)nc1C.COCCOc1ccc([N+](=O)[O-])nc1C.COCCOc1cccnc1C.COCCOc1cccnc1Cl.O=[N+]([O-])c1ccc(F)c(F)c1.Oc1cccnc1Cl. The topological polar surface area (TPSA) is 493 Å². The highest BCUT2D eigenvalue weighted by molar-refractivity contribution is 6.31. The Kier molecular flexibility index (Phi) is 54.0. The number of nitrogens with two attached hydrogens (primary N) is 1. The number of non-ortho nitro benzene ring substituents is 1. The fraction of sp³-hybridized carbons (Fsp3) is 0.410. The molecule has 2 aliphatic rings. The lowest BCUT2D eigenvalue weighted by molar-refractivity contribution is -0.389. The number of nitro groups is 2. The van der Waals surface area contributed by atoms with Crippen LogP contribution in [0.1, 0.15) is 62.6 Å². The van der Waals surface area contributed by atoms with Gasteiger partial charge in [0.25, 0.3) is 17.3 Å². The van der Waals surface area contributed by atoms with E-state index in [1.54, 1.807) is 125 Å². The number of alkyl halides is 1. The molecule has 2 saturated heterocycles. The number of esters is 4. The van der Waals surface area contributed by atoms with Crippen molar-refractivity contribution in [3.63, 3.8) is 0 Å². The van der Waals surface area contributed by atoms with Gasteiger partial charge in [0.2, 0.25) is 0 Å². The number of carbonyl (C=O) groups is 4. The van der Waals surface area contributed by atoms with Gasteiger partial charge >= 0.3 is 29.7 Å². The molecule has 0 atom stereocenters. The maximum atomic E-state index is 12.3. The van der Waals surface area contributed by atoms with Crippen molar-refractivity contribution in [2.75, 3.05) is 147 Å². The van der Waals surface area contributed by atoms with E-state index in [0.29, 0.717) is 166 Å². The number of aliphatic imine (C=N–C) groups is 1. The molecule has 11 rings (SSSR count). The third-order valence-electron chi connectivity index (χ3n) is 14.8. The number of fused-ring (bicyclic) bond motifs is 1. The fourth-order valence-electron chi connectivity index (χ4n) is 8.91. The monoisotopic (exact) mass is 1840 g/mol. The van der Waals surface area contributed by atoms with Crippen molar-refractivity contribution in [3.05, 3.63) is 209 Å². The number of hydrogen-bond acceptors (Lipinski definition) is 36. The number of pyridine rings is 8. The maximum Gasteiger partial charge on any atom is 0.363 e. The van der Waals surface area contributed by atoms with Crippen molar-refractivity contribution in [2.24, 2.45) is 10.9 Å². The Bertz CT molecular complexity index is 4820. The molecule has 0 unspecified atom stereocenters. The standard InChI is InChI=1S/C16H20N2O6.C12H14N2O3.C9H12N2O4.C9H14N2O2.C9H13NO2.C8H10ClNO2.C6H3F2NO2.C6H8O4.C5H4ClNO.C3H7ClO/c1-10-12(22-8-7-21-4)5-6-13(18-10)17-9-11-14(19)23-16(2,3)24-15(11)20;1-8-11(17-6-5-16-2)7-9-10(15)3-4-13-12(9)14-8;1-7-8(15-6-5-14-2)3-4-9(10-7)11(12)13;1-7-8(13-6-5-12-2)3-4-9(10)11-7;1-8-9(4-3-5-10-8)12-7-6-11-2;1-11-5-6-12-7-3-2-4-10-8(7)9;7-5-2-1-4(9(10)11)3-6(5)8;1-6(2)9-4(7)3-5(8)10-6;6-5-4(8)2-1-3-7-5;1-5-3-2-4/h5-6,9,11H,7-8H2,1-4H3;3-4,7H,5-6H2,1-2H3,(H,13,14,15);3-4H,5-6H2,1-2H3;3-4H,5-6H2,1-2H3,(H2,10,11);3-5H,6-7H2,1-2H3;2-4H,5-6H2,1H3;1-3H;3H2,1-2H3;1-3,8H;2-3H2,1H3. The molecule has 0 aliphatic carbocycles. The Morgan fingerprint density at radius 1 is 0.504 bits per heavy atom. The van der Waals surface area contributed by atoms with Crippen LogP contribution in [-0.4, -0.2) is 238 Å². The Morgan fingerprint density at radius 2 is 0.937 bits per heavy atom. The lowest BCUT2D eigenvalue weighted by Crippen LogP contribution is -2.46. The molecule has 2 aliphatic heterocycles.